The lowest BCUT2D eigenvalue weighted by Crippen LogP contribution is -2.43. The van der Waals surface area contributed by atoms with Crippen molar-refractivity contribution in [2.24, 2.45) is 0 Å². The zero-order valence-electron chi connectivity index (χ0n) is 14.2. The van der Waals surface area contributed by atoms with E-state index in [9.17, 15) is 9.59 Å². The van der Waals surface area contributed by atoms with Crippen LogP contribution < -0.4 is 16.4 Å². The molecule has 132 valence electrons. The lowest BCUT2D eigenvalue weighted by atomic mass is 10.2. The summed E-state index contributed by atoms with van der Waals surface area (Å²) in [6, 6.07) is 12.4. The van der Waals surface area contributed by atoms with Gasteiger partial charge in [-0.05, 0) is 36.8 Å². The number of nitrogens with two attached hydrogens (primary N) is 1. The standard InChI is InChI=1S/C18H23N5O2/c1-2-23(13-16-5-3-4-10-20-16)17(24)12-22-18(25)21-11-14-6-8-15(19)9-7-14/h3-10H,2,11-13,19H2,1H3,(H2,21,22,25). The zero-order valence-corrected chi connectivity index (χ0v) is 14.2. The van der Waals surface area contributed by atoms with Crippen molar-refractivity contribution >= 4 is 17.6 Å². The number of benzene rings is 1. The van der Waals surface area contributed by atoms with E-state index in [1.807, 2.05) is 37.3 Å². The normalized spacial score (nSPS) is 10.1. The maximum Gasteiger partial charge on any atom is 0.315 e. The third-order valence-electron chi connectivity index (χ3n) is 3.65. The van der Waals surface area contributed by atoms with E-state index in [4.69, 9.17) is 5.73 Å². The molecule has 0 saturated carbocycles. The van der Waals surface area contributed by atoms with Crippen molar-refractivity contribution in [1.82, 2.24) is 20.5 Å². The molecule has 0 aliphatic carbocycles. The van der Waals surface area contributed by atoms with Crippen molar-refractivity contribution in [2.45, 2.75) is 20.0 Å². The lowest BCUT2D eigenvalue weighted by molar-refractivity contribution is -0.130. The summed E-state index contributed by atoms with van der Waals surface area (Å²) >= 11 is 0. The quantitative estimate of drug-likeness (QED) is 0.665. The molecule has 2 rings (SSSR count). The molecule has 1 aromatic heterocycles. The number of hydrogen-bond donors (Lipinski definition) is 3. The average molecular weight is 341 g/mol. The molecule has 0 fully saturated rings. The van der Waals surface area contributed by atoms with Gasteiger partial charge in [0.1, 0.15) is 0 Å². The predicted octanol–water partition coefficient (Wildman–Crippen LogP) is 1.51. The number of pyridine rings is 1. The Bertz CT molecular complexity index is 688. The fraction of sp³-hybridized carbons (Fsp3) is 0.278. The molecule has 7 nitrogen and oxygen atoms in total. The van der Waals surface area contributed by atoms with Crippen molar-refractivity contribution in [3.05, 3.63) is 59.9 Å². The van der Waals surface area contributed by atoms with Gasteiger partial charge in [-0.15, -0.1) is 0 Å². The number of likely N-dealkylation sites (N-methyl/N-ethyl adjacent to an activating group) is 1. The number of rotatable bonds is 7. The van der Waals surface area contributed by atoms with Crippen molar-refractivity contribution in [3.8, 4) is 0 Å². The van der Waals surface area contributed by atoms with Crippen LogP contribution in [0.25, 0.3) is 0 Å². The van der Waals surface area contributed by atoms with Gasteiger partial charge >= 0.3 is 6.03 Å². The Balaban J connectivity index is 1.75. The maximum atomic E-state index is 12.2. The molecule has 25 heavy (non-hydrogen) atoms. The first-order valence-corrected chi connectivity index (χ1v) is 8.12. The molecular formula is C18H23N5O2. The van der Waals surface area contributed by atoms with Crippen molar-refractivity contribution in [2.75, 3.05) is 18.8 Å². The average Bonchev–Trinajstić information content (AvgIpc) is 2.64. The summed E-state index contributed by atoms with van der Waals surface area (Å²) in [6.45, 7) is 3.16. The van der Waals surface area contributed by atoms with Crippen molar-refractivity contribution < 1.29 is 9.59 Å². The fourth-order valence-corrected chi connectivity index (χ4v) is 2.21. The number of nitrogens with zero attached hydrogens (tertiary/aromatic N) is 2. The van der Waals surface area contributed by atoms with Crippen molar-refractivity contribution in [1.29, 1.82) is 0 Å². The number of nitrogens with one attached hydrogen (secondary N) is 2. The van der Waals surface area contributed by atoms with Gasteiger partial charge in [0.15, 0.2) is 0 Å². The van der Waals surface area contributed by atoms with E-state index < -0.39 is 0 Å². The third kappa shape index (κ3) is 6.14. The van der Waals surface area contributed by atoms with E-state index >= 15 is 0 Å². The Labute approximate surface area is 147 Å². The minimum Gasteiger partial charge on any atom is -0.399 e. The summed E-state index contributed by atoms with van der Waals surface area (Å²) in [6.07, 6.45) is 1.69. The van der Waals surface area contributed by atoms with Gasteiger partial charge in [-0.1, -0.05) is 18.2 Å². The minimum atomic E-state index is -0.390. The van der Waals surface area contributed by atoms with Crippen LogP contribution in [0.15, 0.2) is 48.7 Å². The van der Waals surface area contributed by atoms with E-state index in [0.29, 0.717) is 25.3 Å². The van der Waals surface area contributed by atoms with Gasteiger partial charge < -0.3 is 21.3 Å². The third-order valence-corrected chi connectivity index (χ3v) is 3.65. The van der Waals surface area contributed by atoms with Gasteiger partial charge in [0.2, 0.25) is 5.91 Å². The molecule has 4 N–H and O–H groups in total. The van der Waals surface area contributed by atoms with E-state index in [1.54, 1.807) is 23.2 Å². The largest absolute Gasteiger partial charge is 0.399 e. The van der Waals surface area contributed by atoms with E-state index in [1.165, 1.54) is 0 Å². The van der Waals surface area contributed by atoms with Gasteiger partial charge in [-0.2, -0.15) is 0 Å². The van der Waals surface area contributed by atoms with E-state index in [-0.39, 0.29) is 18.5 Å². The topological polar surface area (TPSA) is 100 Å². The van der Waals surface area contributed by atoms with E-state index in [2.05, 4.69) is 15.6 Å². The number of carbonyl (C=O) groups excluding carboxylic acids is 2. The number of urea groups is 1. The maximum absolute atomic E-state index is 12.2. The number of anilines is 1. The molecule has 7 heteroatoms. The van der Waals surface area contributed by atoms with Gasteiger partial charge in [0.25, 0.3) is 0 Å². The second kappa shape index (κ2) is 9.27. The lowest BCUT2D eigenvalue weighted by Gasteiger charge is -2.20. The van der Waals surface area contributed by atoms with Crippen LogP contribution in [0.3, 0.4) is 0 Å². The Hall–Kier alpha value is -3.09. The highest BCUT2D eigenvalue weighted by atomic mass is 16.2. The van der Waals surface area contributed by atoms with E-state index in [0.717, 1.165) is 11.3 Å². The fourth-order valence-electron chi connectivity index (χ4n) is 2.21. The summed E-state index contributed by atoms with van der Waals surface area (Å²) in [5, 5.41) is 5.28. The van der Waals surface area contributed by atoms with Gasteiger partial charge in [-0.3, -0.25) is 9.78 Å². The highest BCUT2D eigenvalue weighted by Gasteiger charge is 2.13. The predicted molar refractivity (Wildman–Crippen MR) is 96.4 cm³/mol. The Morgan fingerprint density at radius 3 is 2.52 bits per heavy atom. The summed E-state index contributed by atoms with van der Waals surface area (Å²) in [5.41, 5.74) is 8.03. The number of aromatic nitrogens is 1. The second-order valence-corrected chi connectivity index (χ2v) is 5.51. The first-order valence-electron chi connectivity index (χ1n) is 8.12. The molecule has 3 amide bonds. The summed E-state index contributed by atoms with van der Waals surface area (Å²) in [7, 11) is 0. The molecule has 1 aromatic carbocycles. The van der Waals surface area contributed by atoms with Crippen molar-refractivity contribution in [3.63, 3.8) is 0 Å². The minimum absolute atomic E-state index is 0.0613. The summed E-state index contributed by atoms with van der Waals surface area (Å²) in [5.74, 6) is -0.157. The number of carbonyl (C=O) groups is 2. The highest BCUT2D eigenvalue weighted by molar-refractivity contribution is 5.83. The molecule has 0 aliphatic rings. The van der Waals surface area contributed by atoms with Gasteiger partial charge in [0, 0.05) is 25.0 Å². The summed E-state index contributed by atoms with van der Waals surface area (Å²) in [4.78, 5) is 29.9. The molecule has 0 bridgehead atoms. The molecule has 2 aromatic rings. The highest BCUT2D eigenvalue weighted by Crippen LogP contribution is 2.04. The van der Waals surface area contributed by atoms with Crippen LogP contribution in [0, 0.1) is 0 Å². The molecule has 0 radical (unpaired) electrons. The number of amides is 3. The van der Waals surface area contributed by atoms with Crippen LogP contribution in [0.1, 0.15) is 18.2 Å². The molecule has 0 aliphatic heterocycles. The molecule has 0 saturated heterocycles. The zero-order chi connectivity index (χ0) is 18.1. The van der Waals surface area contributed by atoms with Crippen LogP contribution >= 0.6 is 0 Å². The smallest absolute Gasteiger partial charge is 0.315 e. The Kier molecular flexibility index (Phi) is 6.76. The van der Waals surface area contributed by atoms with Crippen LogP contribution in [0.5, 0.6) is 0 Å². The van der Waals surface area contributed by atoms with Crippen LogP contribution in [0.4, 0.5) is 10.5 Å². The first kappa shape index (κ1) is 18.3. The molecular weight excluding hydrogens is 318 g/mol. The number of nitrogen functional groups attached to an aromatic ring is 1. The second-order valence-electron chi connectivity index (χ2n) is 5.51. The molecule has 0 atom stereocenters. The Morgan fingerprint density at radius 1 is 1.12 bits per heavy atom. The SMILES string of the molecule is CCN(Cc1ccccn1)C(=O)CNC(=O)NCc1ccc(N)cc1. The molecule has 0 unspecified atom stereocenters. The monoisotopic (exact) mass is 341 g/mol. The number of hydrogen-bond acceptors (Lipinski definition) is 4. The summed E-state index contributed by atoms with van der Waals surface area (Å²) < 4.78 is 0. The first-order chi connectivity index (χ1) is 12.1. The Morgan fingerprint density at radius 2 is 1.88 bits per heavy atom. The van der Waals surface area contributed by atoms with Crippen LogP contribution in [0.2, 0.25) is 0 Å². The van der Waals surface area contributed by atoms with Gasteiger partial charge in [-0.25, -0.2) is 4.79 Å². The van der Waals surface area contributed by atoms with Crippen LogP contribution in [-0.4, -0.2) is 34.9 Å². The van der Waals surface area contributed by atoms with Crippen LogP contribution in [-0.2, 0) is 17.9 Å². The molecule has 1 heterocycles. The molecule has 0 spiro atoms. The van der Waals surface area contributed by atoms with Gasteiger partial charge in [0.05, 0.1) is 18.8 Å².